The third-order valence-electron chi connectivity index (χ3n) is 2.70. The summed E-state index contributed by atoms with van der Waals surface area (Å²) in [6, 6.07) is 15.9. The van der Waals surface area contributed by atoms with Crippen molar-refractivity contribution in [2.45, 2.75) is 12.7 Å². The van der Waals surface area contributed by atoms with Crippen LogP contribution in [-0.4, -0.2) is 5.33 Å². The van der Waals surface area contributed by atoms with E-state index in [2.05, 4.69) is 37.9 Å². The van der Waals surface area contributed by atoms with Gasteiger partial charge in [-0.05, 0) is 35.4 Å². The molecule has 1 unspecified atom stereocenters. The highest BCUT2D eigenvalue weighted by Crippen LogP contribution is 2.24. The minimum Gasteiger partial charge on any atom is -0.368 e. The molecule has 100 valence electrons. The van der Waals surface area contributed by atoms with Crippen LogP contribution in [0.1, 0.15) is 17.2 Å². The molecule has 0 aliphatic heterocycles. The maximum absolute atomic E-state index is 6.01. The van der Waals surface area contributed by atoms with Crippen molar-refractivity contribution < 1.29 is 4.74 Å². The van der Waals surface area contributed by atoms with E-state index in [0.717, 1.165) is 26.0 Å². The lowest BCUT2D eigenvalue weighted by atomic mass is 10.1. The molecule has 0 spiro atoms. The molecule has 2 aromatic carbocycles. The second-order valence-corrected chi connectivity index (χ2v) is 6.14. The molecule has 2 rings (SSSR count). The van der Waals surface area contributed by atoms with Crippen molar-refractivity contribution in [1.29, 1.82) is 0 Å². The van der Waals surface area contributed by atoms with E-state index in [4.69, 9.17) is 16.3 Å². The lowest BCUT2D eigenvalue weighted by molar-refractivity contribution is 0.0566. The van der Waals surface area contributed by atoms with Crippen LogP contribution < -0.4 is 0 Å². The first-order valence-electron chi connectivity index (χ1n) is 5.86. The zero-order valence-electron chi connectivity index (χ0n) is 10.2. The third kappa shape index (κ3) is 4.60. The molecule has 4 heteroatoms. The van der Waals surface area contributed by atoms with E-state index in [1.807, 2.05) is 42.5 Å². The van der Waals surface area contributed by atoms with Crippen LogP contribution in [0.2, 0.25) is 5.02 Å². The fraction of sp³-hybridized carbons (Fsp3) is 0.200. The first-order chi connectivity index (χ1) is 9.19. The van der Waals surface area contributed by atoms with Crippen molar-refractivity contribution >= 4 is 43.5 Å². The van der Waals surface area contributed by atoms with Crippen LogP contribution in [0.5, 0.6) is 0 Å². The number of alkyl halides is 1. The van der Waals surface area contributed by atoms with Crippen molar-refractivity contribution in [3.63, 3.8) is 0 Å². The fourth-order valence-electron chi connectivity index (χ4n) is 1.76. The number of hydrogen-bond donors (Lipinski definition) is 0. The SMILES string of the molecule is Clc1cccc(C(CBr)OCc2cccc(Br)c2)c1. The summed E-state index contributed by atoms with van der Waals surface area (Å²) in [6.45, 7) is 0.572. The summed E-state index contributed by atoms with van der Waals surface area (Å²) in [6.07, 6.45) is -0.00215. The minimum atomic E-state index is -0.00215. The predicted molar refractivity (Wildman–Crippen MR) is 86.9 cm³/mol. The molecule has 0 saturated carbocycles. The topological polar surface area (TPSA) is 9.23 Å². The van der Waals surface area contributed by atoms with E-state index in [1.54, 1.807) is 0 Å². The Morgan fingerprint density at radius 2 is 1.89 bits per heavy atom. The Kier molecular flexibility index (Phi) is 5.89. The summed E-state index contributed by atoms with van der Waals surface area (Å²) < 4.78 is 7.01. The summed E-state index contributed by atoms with van der Waals surface area (Å²) in [5, 5.41) is 1.47. The van der Waals surface area contributed by atoms with E-state index in [-0.39, 0.29) is 6.10 Å². The van der Waals surface area contributed by atoms with Crippen molar-refractivity contribution in [2.75, 3.05) is 5.33 Å². The van der Waals surface area contributed by atoms with Gasteiger partial charge in [0.2, 0.25) is 0 Å². The smallest absolute Gasteiger partial charge is 0.0926 e. The van der Waals surface area contributed by atoms with Crippen LogP contribution in [0.4, 0.5) is 0 Å². The quantitative estimate of drug-likeness (QED) is 0.576. The highest BCUT2D eigenvalue weighted by Gasteiger charge is 2.11. The van der Waals surface area contributed by atoms with Crippen molar-refractivity contribution in [3.05, 3.63) is 69.2 Å². The van der Waals surface area contributed by atoms with Gasteiger partial charge in [0.15, 0.2) is 0 Å². The van der Waals surface area contributed by atoms with Gasteiger partial charge in [-0.15, -0.1) is 0 Å². The molecule has 0 N–H and O–H groups in total. The van der Waals surface area contributed by atoms with Gasteiger partial charge in [-0.2, -0.15) is 0 Å². The lowest BCUT2D eigenvalue weighted by Gasteiger charge is -2.16. The van der Waals surface area contributed by atoms with Crippen LogP contribution in [0.25, 0.3) is 0 Å². The van der Waals surface area contributed by atoms with Gasteiger partial charge >= 0.3 is 0 Å². The van der Waals surface area contributed by atoms with Gasteiger partial charge in [0.1, 0.15) is 0 Å². The highest BCUT2D eigenvalue weighted by molar-refractivity contribution is 9.10. The molecule has 0 aliphatic carbocycles. The summed E-state index contributed by atoms with van der Waals surface area (Å²) in [5.74, 6) is 0. The second kappa shape index (κ2) is 7.44. The summed E-state index contributed by atoms with van der Waals surface area (Å²) >= 11 is 13.0. The van der Waals surface area contributed by atoms with E-state index in [0.29, 0.717) is 6.61 Å². The largest absolute Gasteiger partial charge is 0.368 e. The fourth-order valence-corrected chi connectivity index (χ4v) is 2.97. The highest BCUT2D eigenvalue weighted by atomic mass is 79.9. The Bertz CT molecular complexity index is 545. The lowest BCUT2D eigenvalue weighted by Crippen LogP contribution is -2.06. The molecule has 19 heavy (non-hydrogen) atoms. The molecule has 0 fully saturated rings. The number of benzene rings is 2. The van der Waals surface area contributed by atoms with Crippen LogP contribution >= 0.6 is 43.5 Å². The average Bonchev–Trinajstić information content (AvgIpc) is 2.40. The van der Waals surface area contributed by atoms with E-state index >= 15 is 0 Å². The molecule has 0 saturated heterocycles. The van der Waals surface area contributed by atoms with Crippen LogP contribution in [-0.2, 0) is 11.3 Å². The van der Waals surface area contributed by atoms with Gasteiger partial charge in [0.05, 0.1) is 12.7 Å². The second-order valence-electron chi connectivity index (χ2n) is 4.14. The van der Waals surface area contributed by atoms with E-state index in [9.17, 15) is 0 Å². The molecule has 0 amide bonds. The van der Waals surface area contributed by atoms with Gasteiger partial charge in [-0.25, -0.2) is 0 Å². The first-order valence-corrected chi connectivity index (χ1v) is 8.16. The van der Waals surface area contributed by atoms with Crippen molar-refractivity contribution in [2.24, 2.45) is 0 Å². The zero-order chi connectivity index (χ0) is 13.7. The van der Waals surface area contributed by atoms with Gasteiger partial charge < -0.3 is 4.74 Å². The Hall–Kier alpha value is -0.350. The van der Waals surface area contributed by atoms with Crippen molar-refractivity contribution in [3.8, 4) is 0 Å². The maximum Gasteiger partial charge on any atom is 0.0926 e. The molecule has 0 heterocycles. The molecule has 0 bridgehead atoms. The molecule has 1 atom stereocenters. The molecule has 0 radical (unpaired) electrons. The Labute approximate surface area is 135 Å². The predicted octanol–water partition coefficient (Wildman–Crippen LogP) is 5.76. The number of rotatable bonds is 5. The number of ether oxygens (including phenoxy) is 1. The van der Waals surface area contributed by atoms with E-state index < -0.39 is 0 Å². The van der Waals surface area contributed by atoms with E-state index in [1.165, 1.54) is 0 Å². The van der Waals surface area contributed by atoms with Crippen molar-refractivity contribution in [1.82, 2.24) is 0 Å². The summed E-state index contributed by atoms with van der Waals surface area (Å²) in [4.78, 5) is 0. The first kappa shape index (κ1) is 15.0. The normalized spacial score (nSPS) is 12.4. The molecule has 2 aromatic rings. The summed E-state index contributed by atoms with van der Waals surface area (Å²) in [7, 11) is 0. The number of hydrogen-bond acceptors (Lipinski definition) is 1. The Balaban J connectivity index is 2.04. The molecule has 1 nitrogen and oxygen atoms in total. The zero-order valence-corrected chi connectivity index (χ0v) is 14.1. The molecular weight excluding hydrogens is 391 g/mol. The van der Waals surface area contributed by atoms with Gasteiger partial charge in [0, 0.05) is 14.8 Å². The third-order valence-corrected chi connectivity index (χ3v) is 4.02. The molecular formula is C15H13Br2ClO. The monoisotopic (exact) mass is 402 g/mol. The maximum atomic E-state index is 6.01. The van der Waals surface area contributed by atoms with Gasteiger partial charge in [0.25, 0.3) is 0 Å². The van der Waals surface area contributed by atoms with Gasteiger partial charge in [-0.3, -0.25) is 0 Å². The molecule has 0 aliphatic rings. The van der Waals surface area contributed by atoms with Crippen LogP contribution in [0, 0.1) is 0 Å². The number of halogens is 3. The standard InChI is InChI=1S/C15H13Br2ClO/c16-9-15(12-4-2-6-14(18)8-12)19-10-11-3-1-5-13(17)7-11/h1-8,15H,9-10H2. The van der Waals surface area contributed by atoms with Crippen LogP contribution in [0.15, 0.2) is 53.0 Å². The van der Waals surface area contributed by atoms with Gasteiger partial charge in [-0.1, -0.05) is 67.7 Å². The Morgan fingerprint density at radius 1 is 1.11 bits per heavy atom. The summed E-state index contributed by atoms with van der Waals surface area (Å²) in [5.41, 5.74) is 2.22. The molecule has 0 aromatic heterocycles. The Morgan fingerprint density at radius 3 is 2.58 bits per heavy atom. The average molecular weight is 405 g/mol. The minimum absolute atomic E-state index is 0.00215. The van der Waals surface area contributed by atoms with Crippen LogP contribution in [0.3, 0.4) is 0 Å².